The van der Waals surface area contributed by atoms with Gasteiger partial charge in [0.2, 0.25) is 5.92 Å². The fourth-order valence-electron chi connectivity index (χ4n) is 18.3. The van der Waals surface area contributed by atoms with Crippen LogP contribution in [0.2, 0.25) is 0 Å². The Balaban J connectivity index is 1.18. The summed E-state index contributed by atoms with van der Waals surface area (Å²) in [6.07, 6.45) is 38.1. The Morgan fingerprint density at radius 2 is 0.820 bits per heavy atom. The average molecular weight is 1350 g/mol. The Morgan fingerprint density at radius 1 is 0.390 bits per heavy atom. The first kappa shape index (κ1) is 77.1. The maximum absolute atomic E-state index is 6.38. The summed E-state index contributed by atoms with van der Waals surface area (Å²) in [7, 11) is 0. The first-order valence-electron chi connectivity index (χ1n) is 41.1. The van der Waals surface area contributed by atoms with Gasteiger partial charge < -0.3 is 10.6 Å². The maximum Gasteiger partial charge on any atom is 0.294 e. The number of allylic oxidation sites excluding steroid dienone is 2. The fraction of sp³-hybridized carbons (Fsp3) is 0.625. The molecule has 0 fully saturated rings. The molecule has 0 aromatic heterocycles. The second-order valence-electron chi connectivity index (χ2n) is 38.0. The minimum absolute atomic E-state index is 0.0156. The van der Waals surface area contributed by atoms with Crippen LogP contribution in [-0.2, 0) is 43.3 Å². The zero-order valence-corrected chi connectivity index (χ0v) is 68.1. The van der Waals surface area contributed by atoms with E-state index in [0.29, 0.717) is 0 Å². The van der Waals surface area contributed by atoms with Crippen molar-refractivity contribution in [3.05, 3.63) is 163 Å². The number of nitrogens with zero attached hydrogens (tertiary/aromatic N) is 4. The highest BCUT2D eigenvalue weighted by atomic mass is 15.0. The molecule has 5 aromatic carbocycles. The summed E-state index contributed by atoms with van der Waals surface area (Å²) < 4.78 is 0. The molecule has 100 heavy (non-hydrogen) atoms. The van der Waals surface area contributed by atoms with Crippen LogP contribution in [-0.4, -0.2) is 11.4 Å². The van der Waals surface area contributed by atoms with Gasteiger partial charge in [0, 0.05) is 22.0 Å². The van der Waals surface area contributed by atoms with E-state index >= 15 is 0 Å². The first-order valence-corrected chi connectivity index (χ1v) is 41.1. The van der Waals surface area contributed by atoms with Crippen molar-refractivity contribution >= 4 is 45.5 Å². The van der Waals surface area contributed by atoms with E-state index in [4.69, 9.17) is 20.6 Å². The lowest BCUT2D eigenvalue weighted by Crippen LogP contribution is -2.50. The Morgan fingerprint density at radius 3 is 1.34 bits per heavy atom. The van der Waals surface area contributed by atoms with Crippen molar-refractivity contribution in [2.24, 2.45) is 15.4 Å². The SMILES string of the molecule is CCCCCCCCC(C)(C)c1ccc2c(c1)C(C)(C)C1=C[C+]3C(=Nc4c(cc5c(c4-c4ccc(C(C)(C)C)cc4)[N-]c4c(cc6c(c4C(C)(C)CCCCCCCC)[N-]c4ccc(C(C)(C)CCCCCCCC)cc4C6(C)C)C5(C)C)C3(C)C)[C+](C(C)(C)CCCCCCCC)C1=N2. The average Bonchev–Trinajstić information content (AvgIpc) is 0.688. The van der Waals surface area contributed by atoms with Crippen molar-refractivity contribution in [2.75, 3.05) is 0 Å². The van der Waals surface area contributed by atoms with Crippen LogP contribution in [0.5, 0.6) is 0 Å². The summed E-state index contributed by atoms with van der Waals surface area (Å²) in [6, 6.07) is 29.6. The van der Waals surface area contributed by atoms with E-state index < -0.39 is 10.8 Å². The number of rotatable bonds is 33. The predicted octanol–water partition coefficient (Wildman–Crippen LogP) is 31.0. The summed E-state index contributed by atoms with van der Waals surface area (Å²) in [5.74, 6) is 2.64. The third-order valence-electron chi connectivity index (χ3n) is 25.7. The van der Waals surface area contributed by atoms with Crippen molar-refractivity contribution in [1.82, 2.24) is 0 Å². The van der Waals surface area contributed by atoms with Crippen molar-refractivity contribution in [3.63, 3.8) is 0 Å². The van der Waals surface area contributed by atoms with Crippen LogP contribution in [0, 0.1) is 17.3 Å². The number of unbranched alkanes of at least 4 members (excludes halogenated alkanes) is 20. The monoisotopic (exact) mass is 1350 g/mol. The topological polar surface area (TPSA) is 52.9 Å². The molecule has 0 atom stereocenters. The summed E-state index contributed by atoms with van der Waals surface area (Å²) in [4.78, 5) is 12.4. The van der Waals surface area contributed by atoms with Crippen LogP contribution < -0.4 is 0 Å². The summed E-state index contributed by atoms with van der Waals surface area (Å²) in [5.41, 5.74) is 24.1. The van der Waals surface area contributed by atoms with Crippen LogP contribution in [0.3, 0.4) is 0 Å². The number of benzene rings is 5. The molecule has 5 aromatic rings. The van der Waals surface area contributed by atoms with Crippen LogP contribution in [0.25, 0.3) is 21.8 Å². The van der Waals surface area contributed by atoms with Gasteiger partial charge >= 0.3 is 0 Å². The molecule has 542 valence electrons. The maximum atomic E-state index is 6.38. The molecule has 0 N–H and O–H groups in total. The molecule has 0 amide bonds. The van der Waals surface area contributed by atoms with Crippen molar-refractivity contribution < 1.29 is 0 Å². The molecule has 4 heteroatoms. The highest BCUT2D eigenvalue weighted by Crippen LogP contribution is 2.68. The second-order valence-corrected chi connectivity index (χ2v) is 38.0. The molecule has 0 unspecified atom stereocenters. The van der Waals surface area contributed by atoms with Crippen molar-refractivity contribution in [3.8, 4) is 11.1 Å². The summed E-state index contributed by atoms with van der Waals surface area (Å²) >= 11 is 0. The molecule has 0 radical (unpaired) electrons. The molecule has 10 rings (SSSR count). The Labute approximate surface area is 613 Å². The van der Waals surface area contributed by atoms with Gasteiger partial charge in [0.05, 0.1) is 16.8 Å². The minimum atomic E-state index is -0.458. The molecule has 0 bridgehead atoms. The quantitative estimate of drug-likeness (QED) is 0.0297. The summed E-state index contributed by atoms with van der Waals surface area (Å²) in [6.45, 7) is 56.5. The van der Waals surface area contributed by atoms with Gasteiger partial charge in [0.25, 0.3) is 11.4 Å². The molecule has 4 heterocycles. The normalized spacial score (nSPS) is 17.1. The van der Waals surface area contributed by atoms with Gasteiger partial charge in [0.15, 0.2) is 17.6 Å². The Hall–Kier alpha value is -5.48. The lowest BCUT2D eigenvalue weighted by Gasteiger charge is -2.55. The molecule has 0 saturated carbocycles. The Bertz CT molecular complexity index is 3770. The largest absolute Gasteiger partial charge is 0.657 e. The first-order chi connectivity index (χ1) is 47.1. The van der Waals surface area contributed by atoms with E-state index in [1.807, 2.05) is 0 Å². The van der Waals surface area contributed by atoms with Gasteiger partial charge in [-0.05, 0) is 129 Å². The standard InChI is InChI=1S/C96H138N4/c1-24-28-32-36-40-44-56-89(8,9)67-52-54-77-69(60-67)93(16,17)73-63-75-86(80(84(73)97-77)91(12,13)58-46-42-38-34-30-26-3)99-82-71(95(75,20)21)62-72-83(79(82)65-48-50-66(51-49-65)88(5,6)7)100-87-76(96(72,22)23)64-74-85(81(87)92(14,15)59-47-43-39-35-31-27-4)98-78-55-53-68(61-70(78)94(74,18)19)90(10,11)57-45-41-37-33-29-25-2/h48-55,60-64H,24-47,56-59H2,1-23H3. The number of aliphatic imine (C=N–C) groups is 2. The lowest BCUT2D eigenvalue weighted by atomic mass is 9.53. The molecule has 1 aliphatic carbocycles. The minimum Gasteiger partial charge on any atom is -0.657 e. The van der Waals surface area contributed by atoms with Gasteiger partial charge in [-0.3, -0.25) is 0 Å². The molecular weight excluding hydrogens is 1210 g/mol. The van der Waals surface area contributed by atoms with Crippen LogP contribution >= 0.6 is 0 Å². The highest BCUT2D eigenvalue weighted by Gasteiger charge is 2.68. The van der Waals surface area contributed by atoms with Gasteiger partial charge in [-0.25, -0.2) is 0 Å². The van der Waals surface area contributed by atoms with Crippen molar-refractivity contribution in [2.45, 2.75) is 382 Å². The van der Waals surface area contributed by atoms with Crippen molar-refractivity contribution in [1.29, 1.82) is 0 Å². The van der Waals surface area contributed by atoms with E-state index in [-0.39, 0.29) is 37.9 Å². The molecule has 0 saturated heterocycles. The molecule has 4 aliphatic heterocycles. The predicted molar refractivity (Wildman–Crippen MR) is 439 cm³/mol. The van der Waals surface area contributed by atoms with E-state index in [9.17, 15) is 0 Å². The highest BCUT2D eigenvalue weighted by molar-refractivity contribution is 6.37. The molecular formula is C96H138N4. The number of hydrogen-bond donors (Lipinski definition) is 0. The molecule has 4 nitrogen and oxygen atoms in total. The smallest absolute Gasteiger partial charge is 0.294 e. The zero-order chi connectivity index (χ0) is 72.6. The number of fused-ring (bicyclic) bond motifs is 8. The van der Waals surface area contributed by atoms with E-state index in [2.05, 4.69) is 238 Å². The number of hydrogen-bond acceptors (Lipinski definition) is 2. The third kappa shape index (κ3) is 15.4. The van der Waals surface area contributed by atoms with Gasteiger partial charge in [0.1, 0.15) is 10.8 Å². The third-order valence-corrected chi connectivity index (χ3v) is 25.7. The summed E-state index contributed by atoms with van der Waals surface area (Å²) in [5, 5.41) is 12.4. The molecule has 5 aliphatic rings. The fourth-order valence-corrected chi connectivity index (χ4v) is 18.3. The van der Waals surface area contributed by atoms with Crippen LogP contribution in [0.1, 0.15) is 395 Å². The zero-order valence-electron chi connectivity index (χ0n) is 68.1. The van der Waals surface area contributed by atoms with E-state index in [0.717, 1.165) is 64.0 Å². The van der Waals surface area contributed by atoms with Gasteiger partial charge in [-0.1, -0.05) is 360 Å². The van der Waals surface area contributed by atoms with Gasteiger partial charge in [-0.15, -0.1) is 22.7 Å². The second kappa shape index (κ2) is 30.3. The lowest BCUT2D eigenvalue weighted by molar-refractivity contribution is 0.371. The van der Waals surface area contributed by atoms with Crippen LogP contribution in [0.15, 0.2) is 94.4 Å². The van der Waals surface area contributed by atoms with Crippen LogP contribution in [0.4, 0.5) is 34.1 Å². The van der Waals surface area contributed by atoms with E-state index in [1.54, 1.807) is 0 Å². The van der Waals surface area contributed by atoms with E-state index in [1.165, 1.54) is 246 Å². The van der Waals surface area contributed by atoms with Gasteiger partial charge in [-0.2, -0.15) is 9.98 Å². The molecule has 0 spiro atoms. The Kier molecular flexibility index (Phi) is 23.4.